The van der Waals surface area contributed by atoms with E-state index in [1.807, 2.05) is 18.2 Å². The summed E-state index contributed by atoms with van der Waals surface area (Å²) in [6, 6.07) is 8.15. The molecular formula is C18H27N3O2S. The Hall–Kier alpha value is -1.53. The van der Waals surface area contributed by atoms with E-state index in [0.717, 1.165) is 35.6 Å². The molecule has 1 amide bonds. The minimum atomic E-state index is 0.0403. The van der Waals surface area contributed by atoms with Crippen LogP contribution in [0.2, 0.25) is 0 Å². The van der Waals surface area contributed by atoms with Crippen LogP contribution >= 0.6 is 11.8 Å². The molecule has 24 heavy (non-hydrogen) atoms. The first kappa shape index (κ1) is 18.8. The third-order valence-electron chi connectivity index (χ3n) is 3.73. The van der Waals surface area contributed by atoms with E-state index in [0.29, 0.717) is 24.8 Å². The molecule has 0 unspecified atom stereocenters. The average molecular weight is 350 g/mol. The number of nitrogens with zero attached hydrogens (tertiary/aromatic N) is 2. The molecule has 0 aliphatic carbocycles. The fourth-order valence-electron chi connectivity index (χ4n) is 2.39. The maximum Gasteiger partial charge on any atom is 0.230 e. The van der Waals surface area contributed by atoms with E-state index >= 15 is 0 Å². The summed E-state index contributed by atoms with van der Waals surface area (Å²) in [5, 5.41) is 3.83. The van der Waals surface area contributed by atoms with Crippen molar-refractivity contribution in [2.24, 2.45) is 5.92 Å². The number of carbonyl (C=O) groups is 1. The molecular weight excluding hydrogens is 322 g/mol. The van der Waals surface area contributed by atoms with Gasteiger partial charge in [-0.25, -0.2) is 4.98 Å². The summed E-state index contributed by atoms with van der Waals surface area (Å²) in [6.07, 6.45) is 1.93. The van der Waals surface area contributed by atoms with E-state index in [-0.39, 0.29) is 5.91 Å². The lowest BCUT2D eigenvalue weighted by Crippen LogP contribution is -2.27. The van der Waals surface area contributed by atoms with Gasteiger partial charge in [0.05, 0.1) is 16.8 Å². The lowest BCUT2D eigenvalue weighted by atomic mass is 10.1. The number of thioether (sulfide) groups is 1. The van der Waals surface area contributed by atoms with E-state index in [1.54, 1.807) is 7.11 Å². The van der Waals surface area contributed by atoms with Crippen LogP contribution in [0.4, 0.5) is 0 Å². The van der Waals surface area contributed by atoms with Crippen LogP contribution in [0.3, 0.4) is 0 Å². The number of hydrogen-bond donors (Lipinski definition) is 1. The number of rotatable bonds is 10. The number of hydrogen-bond acceptors (Lipinski definition) is 4. The van der Waals surface area contributed by atoms with Crippen molar-refractivity contribution in [1.29, 1.82) is 0 Å². The summed E-state index contributed by atoms with van der Waals surface area (Å²) < 4.78 is 7.21. The number of nitrogens with one attached hydrogen (secondary N) is 1. The van der Waals surface area contributed by atoms with Crippen LogP contribution in [0.1, 0.15) is 26.7 Å². The largest absolute Gasteiger partial charge is 0.385 e. The fourth-order valence-corrected chi connectivity index (χ4v) is 3.26. The van der Waals surface area contributed by atoms with Gasteiger partial charge in [0.1, 0.15) is 0 Å². The smallest absolute Gasteiger partial charge is 0.230 e. The number of methoxy groups -OCH3 is 1. The van der Waals surface area contributed by atoms with Crippen LogP contribution < -0.4 is 5.32 Å². The molecule has 0 atom stereocenters. The van der Waals surface area contributed by atoms with Gasteiger partial charge in [0, 0.05) is 26.8 Å². The second-order valence-corrected chi connectivity index (χ2v) is 7.14. The SMILES string of the molecule is COCCCNC(=O)CSc1nc2ccccc2n1CCC(C)C. The third kappa shape index (κ3) is 5.53. The predicted molar refractivity (Wildman–Crippen MR) is 99.4 cm³/mol. The molecule has 2 rings (SSSR count). The van der Waals surface area contributed by atoms with Crippen LogP contribution in [0.25, 0.3) is 11.0 Å². The Balaban J connectivity index is 1.99. The molecule has 132 valence electrons. The molecule has 2 aromatic rings. The first-order chi connectivity index (χ1) is 11.6. The second-order valence-electron chi connectivity index (χ2n) is 6.20. The summed E-state index contributed by atoms with van der Waals surface area (Å²) in [5.74, 6) is 1.06. The van der Waals surface area contributed by atoms with Gasteiger partial charge in [0.2, 0.25) is 5.91 Å². The normalized spacial score (nSPS) is 11.3. The molecule has 1 aromatic carbocycles. The number of imidazole rings is 1. The van der Waals surface area contributed by atoms with Gasteiger partial charge in [-0.05, 0) is 30.9 Å². The Morgan fingerprint density at radius 2 is 2.17 bits per heavy atom. The number of fused-ring (bicyclic) bond motifs is 1. The van der Waals surface area contributed by atoms with Crippen molar-refractivity contribution in [2.45, 2.75) is 38.4 Å². The molecule has 6 heteroatoms. The molecule has 0 radical (unpaired) electrons. The zero-order valence-corrected chi connectivity index (χ0v) is 15.6. The molecule has 1 aromatic heterocycles. The zero-order valence-electron chi connectivity index (χ0n) is 14.7. The van der Waals surface area contributed by atoms with Crippen molar-refractivity contribution in [1.82, 2.24) is 14.9 Å². The molecule has 0 aliphatic heterocycles. The van der Waals surface area contributed by atoms with Crippen molar-refractivity contribution in [2.75, 3.05) is 26.0 Å². The van der Waals surface area contributed by atoms with E-state index < -0.39 is 0 Å². The molecule has 5 nitrogen and oxygen atoms in total. The first-order valence-corrected chi connectivity index (χ1v) is 9.44. The van der Waals surface area contributed by atoms with Gasteiger partial charge >= 0.3 is 0 Å². The number of ether oxygens (including phenoxy) is 1. The number of amides is 1. The minimum absolute atomic E-state index is 0.0403. The predicted octanol–water partition coefficient (Wildman–Crippen LogP) is 3.33. The maximum atomic E-state index is 12.0. The Morgan fingerprint density at radius 3 is 2.92 bits per heavy atom. The molecule has 1 N–H and O–H groups in total. The van der Waals surface area contributed by atoms with E-state index in [1.165, 1.54) is 11.8 Å². The topological polar surface area (TPSA) is 56.1 Å². The lowest BCUT2D eigenvalue weighted by Gasteiger charge is -2.10. The molecule has 0 fully saturated rings. The van der Waals surface area contributed by atoms with Gasteiger partial charge < -0.3 is 14.6 Å². The third-order valence-corrected chi connectivity index (χ3v) is 4.71. The van der Waals surface area contributed by atoms with Gasteiger partial charge in [-0.3, -0.25) is 4.79 Å². The first-order valence-electron chi connectivity index (χ1n) is 8.45. The van der Waals surface area contributed by atoms with Crippen LogP contribution in [0.15, 0.2) is 29.4 Å². The molecule has 0 spiro atoms. The monoisotopic (exact) mass is 349 g/mol. The summed E-state index contributed by atoms with van der Waals surface area (Å²) in [4.78, 5) is 16.7. The van der Waals surface area contributed by atoms with Crippen molar-refractivity contribution in [3.8, 4) is 0 Å². The van der Waals surface area contributed by atoms with Gasteiger partial charge in [0.25, 0.3) is 0 Å². The van der Waals surface area contributed by atoms with Gasteiger partial charge in [-0.1, -0.05) is 37.7 Å². The molecule has 0 aliphatic rings. The van der Waals surface area contributed by atoms with Gasteiger partial charge in [-0.2, -0.15) is 0 Å². The second kappa shape index (κ2) is 9.69. The number of benzene rings is 1. The molecule has 0 saturated heterocycles. The van der Waals surface area contributed by atoms with Crippen LogP contribution in [0.5, 0.6) is 0 Å². The highest BCUT2D eigenvalue weighted by atomic mass is 32.2. The van der Waals surface area contributed by atoms with Crippen LogP contribution in [0, 0.1) is 5.92 Å². The Bertz CT molecular complexity index is 655. The summed E-state index contributed by atoms with van der Waals surface area (Å²) >= 11 is 1.50. The van der Waals surface area contributed by atoms with Gasteiger partial charge in [0.15, 0.2) is 5.16 Å². The highest BCUT2D eigenvalue weighted by Gasteiger charge is 2.13. The highest BCUT2D eigenvalue weighted by Crippen LogP contribution is 2.25. The summed E-state index contributed by atoms with van der Waals surface area (Å²) in [7, 11) is 1.67. The van der Waals surface area contributed by atoms with Crippen LogP contribution in [-0.4, -0.2) is 41.5 Å². The standard InChI is InChI=1S/C18H27N3O2S/c1-14(2)9-11-21-16-8-5-4-7-15(16)20-18(21)24-13-17(22)19-10-6-12-23-3/h4-5,7-8,14H,6,9-13H2,1-3H3,(H,19,22). The zero-order chi connectivity index (χ0) is 17.4. The Morgan fingerprint density at radius 1 is 1.38 bits per heavy atom. The summed E-state index contributed by atoms with van der Waals surface area (Å²) in [6.45, 7) is 6.68. The van der Waals surface area contributed by atoms with Crippen molar-refractivity contribution >= 4 is 28.7 Å². The highest BCUT2D eigenvalue weighted by molar-refractivity contribution is 7.99. The number of aromatic nitrogens is 2. The lowest BCUT2D eigenvalue weighted by molar-refractivity contribution is -0.118. The molecule has 0 saturated carbocycles. The van der Waals surface area contributed by atoms with Crippen molar-refractivity contribution in [3.05, 3.63) is 24.3 Å². The molecule has 1 heterocycles. The van der Waals surface area contributed by atoms with Crippen molar-refractivity contribution < 1.29 is 9.53 Å². The Kier molecular flexibility index (Phi) is 7.59. The quantitative estimate of drug-likeness (QED) is 0.528. The molecule has 0 bridgehead atoms. The van der Waals surface area contributed by atoms with Crippen molar-refractivity contribution in [3.63, 3.8) is 0 Å². The fraction of sp³-hybridized carbons (Fsp3) is 0.556. The number of aryl methyl sites for hydroxylation is 1. The average Bonchev–Trinajstić information content (AvgIpc) is 2.92. The summed E-state index contributed by atoms with van der Waals surface area (Å²) in [5.41, 5.74) is 2.13. The maximum absolute atomic E-state index is 12.0. The van der Waals surface area contributed by atoms with E-state index in [2.05, 4.69) is 29.8 Å². The number of para-hydroxylation sites is 2. The van der Waals surface area contributed by atoms with Crippen LogP contribution in [-0.2, 0) is 16.1 Å². The Labute approximate surface area is 148 Å². The van der Waals surface area contributed by atoms with E-state index in [4.69, 9.17) is 9.72 Å². The van der Waals surface area contributed by atoms with Gasteiger partial charge in [-0.15, -0.1) is 0 Å². The number of carbonyl (C=O) groups excluding carboxylic acids is 1. The minimum Gasteiger partial charge on any atom is -0.385 e. The van der Waals surface area contributed by atoms with E-state index in [9.17, 15) is 4.79 Å².